The Hall–Kier alpha value is -1.44. The molecule has 7 heteroatoms. The quantitative estimate of drug-likeness (QED) is 0.776. The normalized spacial score (nSPS) is 17.1. The molecule has 0 radical (unpaired) electrons. The number of nitrogens with one attached hydrogen (secondary N) is 2. The molecule has 1 aliphatic rings. The van der Waals surface area contributed by atoms with Crippen molar-refractivity contribution in [2.75, 3.05) is 19.6 Å². The van der Waals surface area contributed by atoms with Crippen molar-refractivity contribution < 1.29 is 13.2 Å². The fourth-order valence-electron chi connectivity index (χ4n) is 3.36. The van der Waals surface area contributed by atoms with Gasteiger partial charge >= 0.3 is 0 Å². The number of likely N-dealkylation sites (tertiary alicyclic amines) is 1. The van der Waals surface area contributed by atoms with Crippen molar-refractivity contribution in [3.63, 3.8) is 0 Å². The number of carbonyl (C=O) groups is 1. The molecule has 6 nitrogen and oxygen atoms in total. The highest BCUT2D eigenvalue weighted by Crippen LogP contribution is 2.19. The molecule has 0 unspecified atom stereocenters. The van der Waals surface area contributed by atoms with Crippen LogP contribution in [0.25, 0.3) is 0 Å². The monoisotopic (exact) mass is 395 g/mol. The van der Waals surface area contributed by atoms with E-state index < -0.39 is 15.6 Å². The van der Waals surface area contributed by atoms with Crippen molar-refractivity contribution in [1.29, 1.82) is 0 Å². The molecule has 1 aromatic rings. The van der Waals surface area contributed by atoms with E-state index in [9.17, 15) is 13.2 Å². The van der Waals surface area contributed by atoms with Crippen LogP contribution in [-0.4, -0.2) is 50.4 Å². The second kappa shape index (κ2) is 8.71. The summed E-state index contributed by atoms with van der Waals surface area (Å²) in [5.41, 5.74) is 0.604. The number of nitrogens with zero attached hydrogens (tertiary/aromatic N) is 1. The Morgan fingerprint density at radius 1 is 1.22 bits per heavy atom. The average Bonchev–Trinajstić information content (AvgIpc) is 2.55. The van der Waals surface area contributed by atoms with Gasteiger partial charge in [0.05, 0.1) is 4.90 Å². The maximum absolute atomic E-state index is 12.8. The Bertz CT molecular complexity index is 761. The first-order valence-electron chi connectivity index (χ1n) is 9.69. The molecule has 0 spiro atoms. The van der Waals surface area contributed by atoms with Crippen LogP contribution in [0.1, 0.15) is 62.9 Å². The largest absolute Gasteiger partial charge is 0.349 e. The standard InChI is InChI=1S/C20H33N3O3S/c1-6-11-23-12-9-16(10-13-23)21-19(24)18-14-17(8-7-15(18)2)27(25,26)22-20(3,4)5/h7-8,14,16,22H,6,9-13H2,1-5H3,(H,21,24). The van der Waals surface area contributed by atoms with E-state index in [-0.39, 0.29) is 16.8 Å². The predicted molar refractivity (Wildman–Crippen MR) is 108 cm³/mol. The third-order valence-corrected chi connectivity index (χ3v) is 6.42. The SMILES string of the molecule is CCCN1CCC(NC(=O)c2cc(S(=O)(=O)NC(C)(C)C)ccc2C)CC1. The van der Waals surface area contributed by atoms with Crippen molar-refractivity contribution in [3.05, 3.63) is 29.3 Å². The number of rotatable bonds is 6. The molecular formula is C20H33N3O3S. The lowest BCUT2D eigenvalue weighted by molar-refractivity contribution is 0.0910. The van der Waals surface area contributed by atoms with Crippen LogP contribution in [0.4, 0.5) is 0 Å². The summed E-state index contributed by atoms with van der Waals surface area (Å²) in [6.07, 6.45) is 2.99. The van der Waals surface area contributed by atoms with Gasteiger partial charge in [0.1, 0.15) is 0 Å². The molecule has 1 fully saturated rings. The minimum atomic E-state index is -3.67. The number of hydrogen-bond donors (Lipinski definition) is 2. The minimum Gasteiger partial charge on any atom is -0.349 e. The van der Waals surface area contributed by atoms with E-state index in [0.29, 0.717) is 5.56 Å². The van der Waals surface area contributed by atoms with Gasteiger partial charge in [-0.25, -0.2) is 13.1 Å². The first-order chi connectivity index (χ1) is 12.5. The number of aryl methyl sites for hydroxylation is 1. The summed E-state index contributed by atoms with van der Waals surface area (Å²) < 4.78 is 27.8. The second-order valence-electron chi connectivity index (χ2n) is 8.42. The zero-order valence-electron chi connectivity index (χ0n) is 17.1. The molecule has 2 N–H and O–H groups in total. The summed E-state index contributed by atoms with van der Waals surface area (Å²) in [7, 11) is -3.67. The van der Waals surface area contributed by atoms with Crippen molar-refractivity contribution in [2.24, 2.45) is 0 Å². The van der Waals surface area contributed by atoms with Crippen LogP contribution >= 0.6 is 0 Å². The van der Waals surface area contributed by atoms with Crippen molar-refractivity contribution in [1.82, 2.24) is 14.9 Å². The topological polar surface area (TPSA) is 78.5 Å². The van der Waals surface area contributed by atoms with E-state index in [2.05, 4.69) is 21.9 Å². The number of amides is 1. The van der Waals surface area contributed by atoms with Crippen LogP contribution < -0.4 is 10.0 Å². The Morgan fingerprint density at radius 3 is 2.41 bits per heavy atom. The van der Waals surface area contributed by atoms with E-state index in [1.54, 1.807) is 32.9 Å². The van der Waals surface area contributed by atoms with Crippen LogP contribution in [0.3, 0.4) is 0 Å². The number of benzene rings is 1. The van der Waals surface area contributed by atoms with Gasteiger partial charge in [0.15, 0.2) is 0 Å². The van der Waals surface area contributed by atoms with Gasteiger partial charge in [0, 0.05) is 30.2 Å². The Balaban J connectivity index is 2.11. The summed E-state index contributed by atoms with van der Waals surface area (Å²) >= 11 is 0. The van der Waals surface area contributed by atoms with Gasteiger partial charge in [0.2, 0.25) is 10.0 Å². The van der Waals surface area contributed by atoms with Gasteiger partial charge in [-0.1, -0.05) is 13.0 Å². The fraction of sp³-hybridized carbons (Fsp3) is 0.650. The summed E-state index contributed by atoms with van der Waals surface area (Å²) in [5.74, 6) is -0.200. The van der Waals surface area contributed by atoms with Crippen LogP contribution in [0.2, 0.25) is 0 Å². The maximum Gasteiger partial charge on any atom is 0.251 e. The van der Waals surface area contributed by atoms with Crippen LogP contribution in [-0.2, 0) is 10.0 Å². The first kappa shape index (κ1) is 21.9. The maximum atomic E-state index is 12.8. The molecule has 0 bridgehead atoms. The Labute approximate surface area is 163 Å². The summed E-state index contributed by atoms with van der Waals surface area (Å²) in [4.78, 5) is 15.3. The number of piperidine rings is 1. The number of hydrogen-bond acceptors (Lipinski definition) is 4. The zero-order valence-corrected chi connectivity index (χ0v) is 17.9. The van der Waals surface area contributed by atoms with Crippen LogP contribution in [0, 0.1) is 6.92 Å². The molecular weight excluding hydrogens is 362 g/mol. The highest BCUT2D eigenvalue weighted by molar-refractivity contribution is 7.89. The summed E-state index contributed by atoms with van der Waals surface area (Å²) in [6, 6.07) is 4.85. The predicted octanol–water partition coefficient (Wildman–Crippen LogP) is 2.68. The molecule has 0 saturated carbocycles. The highest BCUT2D eigenvalue weighted by Gasteiger charge is 2.25. The first-order valence-corrected chi connectivity index (χ1v) is 11.2. The van der Waals surface area contributed by atoms with Crippen molar-refractivity contribution >= 4 is 15.9 Å². The van der Waals surface area contributed by atoms with Gasteiger partial charge in [-0.05, 0) is 71.2 Å². The number of sulfonamides is 1. The van der Waals surface area contributed by atoms with E-state index in [0.717, 1.165) is 44.5 Å². The molecule has 0 atom stereocenters. The average molecular weight is 396 g/mol. The Morgan fingerprint density at radius 2 is 1.85 bits per heavy atom. The van der Waals surface area contributed by atoms with E-state index in [1.165, 1.54) is 6.07 Å². The molecule has 1 amide bonds. The van der Waals surface area contributed by atoms with E-state index in [1.807, 2.05) is 6.92 Å². The molecule has 2 rings (SSSR count). The molecule has 1 saturated heterocycles. The molecule has 1 heterocycles. The molecule has 27 heavy (non-hydrogen) atoms. The van der Waals surface area contributed by atoms with E-state index in [4.69, 9.17) is 0 Å². The summed E-state index contributed by atoms with van der Waals surface area (Å²) in [6.45, 7) is 12.4. The molecule has 152 valence electrons. The highest BCUT2D eigenvalue weighted by atomic mass is 32.2. The fourth-order valence-corrected chi connectivity index (χ4v) is 4.80. The smallest absolute Gasteiger partial charge is 0.251 e. The lowest BCUT2D eigenvalue weighted by Gasteiger charge is -2.32. The van der Waals surface area contributed by atoms with E-state index >= 15 is 0 Å². The van der Waals surface area contributed by atoms with Crippen molar-refractivity contribution in [3.8, 4) is 0 Å². The zero-order chi connectivity index (χ0) is 20.2. The summed E-state index contributed by atoms with van der Waals surface area (Å²) in [5, 5.41) is 3.08. The lowest BCUT2D eigenvalue weighted by Crippen LogP contribution is -2.45. The minimum absolute atomic E-state index is 0.117. The Kier molecular flexibility index (Phi) is 7.05. The third kappa shape index (κ3) is 6.30. The van der Waals surface area contributed by atoms with Gasteiger partial charge in [-0.15, -0.1) is 0 Å². The van der Waals surface area contributed by atoms with Crippen LogP contribution in [0.15, 0.2) is 23.1 Å². The molecule has 0 aliphatic carbocycles. The molecule has 1 aromatic carbocycles. The van der Waals surface area contributed by atoms with Gasteiger partial charge in [-0.3, -0.25) is 4.79 Å². The number of carbonyl (C=O) groups excluding carboxylic acids is 1. The van der Waals surface area contributed by atoms with Gasteiger partial charge in [-0.2, -0.15) is 0 Å². The molecule has 0 aromatic heterocycles. The van der Waals surface area contributed by atoms with Crippen molar-refractivity contribution in [2.45, 2.75) is 70.4 Å². The van der Waals surface area contributed by atoms with Gasteiger partial charge < -0.3 is 10.2 Å². The second-order valence-corrected chi connectivity index (χ2v) is 10.1. The molecule has 1 aliphatic heterocycles. The van der Waals surface area contributed by atoms with Crippen LogP contribution in [0.5, 0.6) is 0 Å². The lowest BCUT2D eigenvalue weighted by atomic mass is 10.0. The third-order valence-electron chi connectivity index (χ3n) is 4.67. The van der Waals surface area contributed by atoms with Gasteiger partial charge in [0.25, 0.3) is 5.91 Å².